The molecule has 6 nitrogen and oxygen atoms in total. The standard InChI is InChI=1S/C14H15N5O/c1-18-10(5-6-15)8-14(20)19-13(18)9-12(17-19)11-4-2-3-7-16-11/h2-4,7-9H,5-6,15H2,1H3. The van der Waals surface area contributed by atoms with Crippen molar-refractivity contribution in [1.82, 2.24) is 19.2 Å². The SMILES string of the molecule is Cn1c(CCN)cc(=O)n2nc(-c3ccccn3)cc12. The molecule has 0 aromatic carbocycles. The monoisotopic (exact) mass is 269 g/mol. The van der Waals surface area contributed by atoms with Crippen LogP contribution in [0.4, 0.5) is 0 Å². The normalized spacial score (nSPS) is 11.1. The summed E-state index contributed by atoms with van der Waals surface area (Å²) in [6.07, 6.45) is 2.36. The maximum absolute atomic E-state index is 12.1. The first-order valence-electron chi connectivity index (χ1n) is 6.41. The van der Waals surface area contributed by atoms with Gasteiger partial charge in [-0.3, -0.25) is 9.78 Å². The van der Waals surface area contributed by atoms with Gasteiger partial charge in [-0.25, -0.2) is 0 Å². The van der Waals surface area contributed by atoms with Crippen LogP contribution in [0.3, 0.4) is 0 Å². The molecular weight excluding hydrogens is 254 g/mol. The fourth-order valence-electron chi connectivity index (χ4n) is 2.25. The van der Waals surface area contributed by atoms with Crippen molar-refractivity contribution in [2.75, 3.05) is 6.54 Å². The molecule has 20 heavy (non-hydrogen) atoms. The first-order valence-corrected chi connectivity index (χ1v) is 6.41. The van der Waals surface area contributed by atoms with Crippen molar-refractivity contribution in [1.29, 1.82) is 0 Å². The summed E-state index contributed by atoms with van der Waals surface area (Å²) in [5, 5.41) is 4.33. The third kappa shape index (κ3) is 2.00. The Balaban J connectivity index is 2.23. The van der Waals surface area contributed by atoms with Crippen LogP contribution >= 0.6 is 0 Å². The largest absolute Gasteiger partial charge is 0.333 e. The van der Waals surface area contributed by atoms with E-state index >= 15 is 0 Å². The van der Waals surface area contributed by atoms with E-state index in [0.717, 1.165) is 17.0 Å². The molecule has 3 aromatic heterocycles. The van der Waals surface area contributed by atoms with Gasteiger partial charge in [0.05, 0.1) is 5.69 Å². The molecule has 0 aliphatic carbocycles. The first-order chi connectivity index (χ1) is 9.70. The average molecular weight is 269 g/mol. The summed E-state index contributed by atoms with van der Waals surface area (Å²) >= 11 is 0. The van der Waals surface area contributed by atoms with Crippen LogP contribution in [-0.4, -0.2) is 25.7 Å². The summed E-state index contributed by atoms with van der Waals surface area (Å²) in [5.74, 6) is 0. The van der Waals surface area contributed by atoms with Gasteiger partial charge in [0.15, 0.2) is 0 Å². The smallest absolute Gasteiger partial charge is 0.274 e. The lowest BCUT2D eigenvalue weighted by molar-refractivity contribution is 0.757. The summed E-state index contributed by atoms with van der Waals surface area (Å²) in [4.78, 5) is 16.4. The average Bonchev–Trinajstić information content (AvgIpc) is 2.92. The molecule has 0 spiro atoms. The molecular formula is C14H15N5O. The van der Waals surface area contributed by atoms with Gasteiger partial charge in [0.2, 0.25) is 0 Å². The van der Waals surface area contributed by atoms with E-state index in [1.54, 1.807) is 12.3 Å². The molecule has 0 saturated heterocycles. The second-order valence-electron chi connectivity index (χ2n) is 4.59. The lowest BCUT2D eigenvalue weighted by atomic mass is 10.2. The van der Waals surface area contributed by atoms with E-state index < -0.39 is 0 Å². The summed E-state index contributed by atoms with van der Waals surface area (Å²) in [6, 6.07) is 9.05. The number of aromatic nitrogens is 4. The highest BCUT2D eigenvalue weighted by Gasteiger charge is 2.11. The van der Waals surface area contributed by atoms with Gasteiger partial charge >= 0.3 is 0 Å². The first kappa shape index (κ1) is 12.6. The van der Waals surface area contributed by atoms with Crippen molar-refractivity contribution in [3.8, 4) is 11.4 Å². The summed E-state index contributed by atoms with van der Waals surface area (Å²) < 4.78 is 3.33. The molecule has 3 aromatic rings. The fraction of sp³-hybridized carbons (Fsp3) is 0.214. The third-order valence-electron chi connectivity index (χ3n) is 3.29. The number of nitrogens with two attached hydrogens (primary N) is 1. The predicted molar refractivity (Wildman–Crippen MR) is 76.4 cm³/mol. The van der Waals surface area contributed by atoms with Crippen molar-refractivity contribution in [3.05, 3.63) is 52.6 Å². The number of aryl methyl sites for hydroxylation is 1. The quantitative estimate of drug-likeness (QED) is 0.755. The fourth-order valence-corrected chi connectivity index (χ4v) is 2.25. The van der Waals surface area contributed by atoms with E-state index in [1.165, 1.54) is 4.52 Å². The van der Waals surface area contributed by atoms with Gasteiger partial charge in [-0.15, -0.1) is 0 Å². The number of fused-ring (bicyclic) bond motifs is 1. The van der Waals surface area contributed by atoms with Crippen molar-refractivity contribution in [2.45, 2.75) is 6.42 Å². The Hall–Kier alpha value is -2.47. The number of pyridine rings is 1. The minimum absolute atomic E-state index is 0.149. The van der Waals surface area contributed by atoms with Gasteiger partial charge in [-0.05, 0) is 18.7 Å². The van der Waals surface area contributed by atoms with E-state index in [9.17, 15) is 4.79 Å². The second kappa shape index (κ2) is 4.90. The van der Waals surface area contributed by atoms with Crippen LogP contribution in [0.25, 0.3) is 17.0 Å². The number of hydrogen-bond donors (Lipinski definition) is 1. The highest BCUT2D eigenvalue weighted by Crippen LogP contribution is 2.16. The molecule has 0 saturated carbocycles. The van der Waals surface area contributed by atoms with Crippen molar-refractivity contribution in [3.63, 3.8) is 0 Å². The van der Waals surface area contributed by atoms with E-state index in [4.69, 9.17) is 5.73 Å². The molecule has 0 aliphatic heterocycles. The number of hydrogen-bond acceptors (Lipinski definition) is 4. The molecule has 0 fully saturated rings. The molecule has 0 amide bonds. The Bertz CT molecular complexity index is 804. The maximum atomic E-state index is 12.1. The van der Waals surface area contributed by atoms with Crippen LogP contribution in [0.1, 0.15) is 5.69 Å². The minimum atomic E-state index is -0.149. The van der Waals surface area contributed by atoms with Crippen molar-refractivity contribution >= 4 is 5.65 Å². The van der Waals surface area contributed by atoms with E-state index in [0.29, 0.717) is 18.7 Å². The van der Waals surface area contributed by atoms with Crippen LogP contribution in [0, 0.1) is 0 Å². The number of nitrogens with zero attached hydrogens (tertiary/aromatic N) is 4. The number of rotatable bonds is 3. The van der Waals surface area contributed by atoms with Gasteiger partial charge < -0.3 is 10.3 Å². The lowest BCUT2D eigenvalue weighted by Gasteiger charge is -2.08. The maximum Gasteiger partial charge on any atom is 0.274 e. The molecule has 3 rings (SSSR count). The minimum Gasteiger partial charge on any atom is -0.333 e. The summed E-state index contributed by atoms with van der Waals surface area (Å²) in [6.45, 7) is 0.505. The Labute approximate surface area is 115 Å². The molecule has 0 radical (unpaired) electrons. The summed E-state index contributed by atoms with van der Waals surface area (Å²) in [5.41, 5.74) is 8.49. The zero-order chi connectivity index (χ0) is 14.1. The molecule has 0 unspecified atom stereocenters. The van der Waals surface area contributed by atoms with Gasteiger partial charge in [0, 0.05) is 37.5 Å². The molecule has 6 heteroatoms. The lowest BCUT2D eigenvalue weighted by Crippen LogP contribution is -2.21. The van der Waals surface area contributed by atoms with Crippen molar-refractivity contribution < 1.29 is 0 Å². The highest BCUT2D eigenvalue weighted by molar-refractivity contribution is 5.60. The van der Waals surface area contributed by atoms with Gasteiger partial charge in [0.1, 0.15) is 11.3 Å². The second-order valence-corrected chi connectivity index (χ2v) is 4.59. The Morgan fingerprint density at radius 1 is 1.25 bits per heavy atom. The van der Waals surface area contributed by atoms with Crippen LogP contribution < -0.4 is 11.3 Å². The van der Waals surface area contributed by atoms with Gasteiger partial charge in [-0.1, -0.05) is 6.07 Å². The van der Waals surface area contributed by atoms with Gasteiger partial charge in [-0.2, -0.15) is 9.61 Å². The van der Waals surface area contributed by atoms with Crippen LogP contribution in [0.5, 0.6) is 0 Å². The van der Waals surface area contributed by atoms with Gasteiger partial charge in [0.25, 0.3) is 5.56 Å². The molecule has 0 aliphatic rings. The predicted octanol–water partition coefficient (Wildman–Crippen LogP) is 0.596. The summed E-state index contributed by atoms with van der Waals surface area (Å²) in [7, 11) is 1.91. The topological polar surface area (TPSA) is 78.2 Å². The van der Waals surface area contributed by atoms with E-state index in [-0.39, 0.29) is 5.56 Å². The van der Waals surface area contributed by atoms with Crippen LogP contribution in [0.2, 0.25) is 0 Å². The molecule has 2 N–H and O–H groups in total. The zero-order valence-electron chi connectivity index (χ0n) is 11.2. The van der Waals surface area contributed by atoms with E-state index in [1.807, 2.05) is 35.9 Å². The molecule has 0 bridgehead atoms. The third-order valence-corrected chi connectivity index (χ3v) is 3.29. The van der Waals surface area contributed by atoms with E-state index in [2.05, 4.69) is 10.1 Å². The zero-order valence-corrected chi connectivity index (χ0v) is 11.2. The highest BCUT2D eigenvalue weighted by atomic mass is 16.1. The van der Waals surface area contributed by atoms with Crippen LogP contribution in [0.15, 0.2) is 41.3 Å². The van der Waals surface area contributed by atoms with Crippen LogP contribution in [-0.2, 0) is 13.5 Å². The molecule has 102 valence electrons. The Morgan fingerprint density at radius 3 is 2.80 bits per heavy atom. The molecule has 3 heterocycles. The Kier molecular flexibility index (Phi) is 3.08. The van der Waals surface area contributed by atoms with Crippen molar-refractivity contribution in [2.24, 2.45) is 12.8 Å². The molecule has 0 atom stereocenters. The Morgan fingerprint density at radius 2 is 2.10 bits per heavy atom.